The van der Waals surface area contributed by atoms with Gasteiger partial charge in [0.15, 0.2) is 0 Å². The van der Waals surface area contributed by atoms with E-state index in [4.69, 9.17) is 0 Å². The molecule has 1 aliphatic heterocycles. The van der Waals surface area contributed by atoms with Crippen molar-refractivity contribution in [1.29, 1.82) is 0 Å². The highest BCUT2D eigenvalue weighted by Gasteiger charge is 2.22. The zero-order valence-corrected chi connectivity index (χ0v) is 14.3. The van der Waals surface area contributed by atoms with Gasteiger partial charge in [-0.05, 0) is 43.4 Å². The van der Waals surface area contributed by atoms with Gasteiger partial charge in [0, 0.05) is 38.4 Å². The molecule has 0 bridgehead atoms. The van der Waals surface area contributed by atoms with Crippen molar-refractivity contribution in [3.8, 4) is 0 Å². The second-order valence-corrected chi connectivity index (χ2v) is 7.00. The summed E-state index contributed by atoms with van der Waals surface area (Å²) >= 11 is 0. The van der Waals surface area contributed by atoms with Gasteiger partial charge in [-0.25, -0.2) is 4.79 Å². The first kappa shape index (κ1) is 16.2. The van der Waals surface area contributed by atoms with Crippen molar-refractivity contribution in [1.82, 2.24) is 10.2 Å². The van der Waals surface area contributed by atoms with Crippen molar-refractivity contribution in [2.45, 2.75) is 39.0 Å². The molecule has 1 saturated heterocycles. The molecule has 4 heteroatoms. The maximum absolute atomic E-state index is 12.3. The lowest BCUT2D eigenvalue weighted by atomic mass is 9.89. The third-order valence-corrected chi connectivity index (χ3v) is 5.20. The van der Waals surface area contributed by atoms with Crippen LogP contribution in [0.15, 0.2) is 24.3 Å². The van der Waals surface area contributed by atoms with Crippen LogP contribution < -0.4 is 10.2 Å². The number of carbonyl (C=O) groups excluding carboxylic acids is 1. The highest BCUT2D eigenvalue weighted by atomic mass is 16.2. The largest absolute Gasteiger partial charge is 0.368 e. The molecule has 0 spiro atoms. The van der Waals surface area contributed by atoms with E-state index in [2.05, 4.69) is 41.4 Å². The van der Waals surface area contributed by atoms with Gasteiger partial charge in [0.2, 0.25) is 0 Å². The number of piperazine rings is 1. The second kappa shape index (κ2) is 7.71. The number of carbonyl (C=O) groups is 1. The van der Waals surface area contributed by atoms with E-state index in [0.29, 0.717) is 5.92 Å². The van der Waals surface area contributed by atoms with E-state index in [0.717, 1.165) is 32.7 Å². The molecule has 0 atom stereocenters. The number of aryl methyl sites for hydroxylation is 1. The zero-order valence-electron chi connectivity index (χ0n) is 14.3. The van der Waals surface area contributed by atoms with Gasteiger partial charge in [0.25, 0.3) is 0 Å². The van der Waals surface area contributed by atoms with Crippen LogP contribution in [0.2, 0.25) is 0 Å². The fraction of sp³-hybridized carbons (Fsp3) is 0.632. The van der Waals surface area contributed by atoms with Crippen molar-refractivity contribution in [3.63, 3.8) is 0 Å². The number of urea groups is 1. The Kier molecular flexibility index (Phi) is 5.42. The van der Waals surface area contributed by atoms with Gasteiger partial charge in [-0.15, -0.1) is 0 Å². The van der Waals surface area contributed by atoms with Gasteiger partial charge >= 0.3 is 6.03 Å². The first-order chi connectivity index (χ1) is 11.2. The van der Waals surface area contributed by atoms with E-state index in [1.165, 1.54) is 43.4 Å². The van der Waals surface area contributed by atoms with Crippen molar-refractivity contribution in [3.05, 3.63) is 29.8 Å². The highest BCUT2D eigenvalue weighted by Crippen LogP contribution is 2.23. The first-order valence-electron chi connectivity index (χ1n) is 9.07. The number of hydrogen-bond acceptors (Lipinski definition) is 2. The summed E-state index contributed by atoms with van der Waals surface area (Å²) < 4.78 is 0. The third-order valence-electron chi connectivity index (χ3n) is 5.20. The summed E-state index contributed by atoms with van der Waals surface area (Å²) in [5, 5.41) is 3.15. The monoisotopic (exact) mass is 315 g/mol. The average molecular weight is 315 g/mol. The minimum absolute atomic E-state index is 0.125. The summed E-state index contributed by atoms with van der Waals surface area (Å²) in [6, 6.07) is 8.73. The van der Waals surface area contributed by atoms with Gasteiger partial charge in [-0.3, -0.25) is 0 Å². The van der Waals surface area contributed by atoms with Crippen LogP contribution in [0.3, 0.4) is 0 Å². The molecular formula is C19H29N3O. The van der Waals surface area contributed by atoms with Crippen LogP contribution in [-0.4, -0.2) is 43.7 Å². The Morgan fingerprint density at radius 1 is 1.13 bits per heavy atom. The highest BCUT2D eigenvalue weighted by molar-refractivity contribution is 5.74. The SMILES string of the molecule is Cc1cccc(N2CCN(C(=O)NCC3CCCCC3)CC2)c1. The Hall–Kier alpha value is -1.71. The minimum atomic E-state index is 0.125. The molecule has 0 aromatic heterocycles. The molecule has 1 aromatic rings. The summed E-state index contributed by atoms with van der Waals surface area (Å²) in [6.45, 7) is 6.44. The lowest BCUT2D eigenvalue weighted by Gasteiger charge is -2.36. The average Bonchev–Trinajstić information content (AvgIpc) is 2.61. The summed E-state index contributed by atoms with van der Waals surface area (Å²) in [5.41, 5.74) is 2.56. The summed E-state index contributed by atoms with van der Waals surface area (Å²) in [7, 11) is 0. The number of nitrogens with zero attached hydrogens (tertiary/aromatic N) is 2. The Balaban J connectivity index is 1.43. The Morgan fingerprint density at radius 2 is 1.87 bits per heavy atom. The molecule has 0 unspecified atom stereocenters. The van der Waals surface area contributed by atoms with Gasteiger partial charge in [0.05, 0.1) is 0 Å². The predicted octanol–water partition coefficient (Wildman–Crippen LogP) is 3.41. The number of hydrogen-bond donors (Lipinski definition) is 1. The maximum atomic E-state index is 12.3. The van der Waals surface area contributed by atoms with E-state index < -0.39 is 0 Å². The molecule has 2 fully saturated rings. The molecule has 1 aliphatic carbocycles. The van der Waals surface area contributed by atoms with Crippen LogP contribution in [0.5, 0.6) is 0 Å². The molecule has 4 nitrogen and oxygen atoms in total. The number of rotatable bonds is 3. The Morgan fingerprint density at radius 3 is 2.57 bits per heavy atom. The molecule has 23 heavy (non-hydrogen) atoms. The van der Waals surface area contributed by atoms with Crippen molar-refractivity contribution < 1.29 is 4.79 Å². The standard InChI is InChI=1S/C19H29N3O/c1-16-6-5-9-18(14-16)21-10-12-22(13-11-21)19(23)20-15-17-7-3-2-4-8-17/h5-6,9,14,17H,2-4,7-8,10-13,15H2,1H3,(H,20,23). The van der Waals surface area contributed by atoms with Crippen molar-refractivity contribution in [2.75, 3.05) is 37.6 Å². The van der Waals surface area contributed by atoms with Crippen LogP contribution in [0.1, 0.15) is 37.7 Å². The summed E-state index contributed by atoms with van der Waals surface area (Å²) in [6.07, 6.45) is 6.58. The number of benzene rings is 1. The smallest absolute Gasteiger partial charge is 0.317 e. The van der Waals surface area contributed by atoms with E-state index in [1.54, 1.807) is 0 Å². The van der Waals surface area contributed by atoms with E-state index >= 15 is 0 Å². The third kappa shape index (κ3) is 4.40. The quantitative estimate of drug-likeness (QED) is 0.928. The van der Waals surface area contributed by atoms with Crippen LogP contribution in [0, 0.1) is 12.8 Å². The molecule has 2 amide bonds. The predicted molar refractivity (Wildman–Crippen MR) is 94.9 cm³/mol. The van der Waals surface area contributed by atoms with Gasteiger partial charge in [-0.2, -0.15) is 0 Å². The molecule has 0 radical (unpaired) electrons. The normalized spacial score (nSPS) is 19.7. The van der Waals surface area contributed by atoms with Gasteiger partial charge < -0.3 is 15.1 Å². The Bertz CT molecular complexity index is 517. The molecule has 126 valence electrons. The molecule has 1 aromatic carbocycles. The fourth-order valence-corrected chi connectivity index (χ4v) is 3.73. The lowest BCUT2D eigenvalue weighted by Crippen LogP contribution is -2.52. The van der Waals surface area contributed by atoms with E-state index in [-0.39, 0.29) is 6.03 Å². The second-order valence-electron chi connectivity index (χ2n) is 7.00. The van der Waals surface area contributed by atoms with E-state index in [9.17, 15) is 4.79 Å². The molecule has 3 rings (SSSR count). The topological polar surface area (TPSA) is 35.6 Å². The van der Waals surface area contributed by atoms with Gasteiger partial charge in [-0.1, -0.05) is 31.4 Å². The number of anilines is 1. The fourth-order valence-electron chi connectivity index (χ4n) is 3.73. The first-order valence-corrected chi connectivity index (χ1v) is 9.07. The van der Waals surface area contributed by atoms with Crippen LogP contribution in [-0.2, 0) is 0 Å². The maximum Gasteiger partial charge on any atom is 0.317 e. The molecular weight excluding hydrogens is 286 g/mol. The molecule has 1 heterocycles. The summed E-state index contributed by atoms with van der Waals surface area (Å²) in [5.74, 6) is 0.696. The molecule has 1 saturated carbocycles. The van der Waals surface area contributed by atoms with Crippen LogP contribution in [0.4, 0.5) is 10.5 Å². The minimum Gasteiger partial charge on any atom is -0.368 e. The van der Waals surface area contributed by atoms with E-state index in [1.807, 2.05) is 4.90 Å². The van der Waals surface area contributed by atoms with Crippen molar-refractivity contribution in [2.24, 2.45) is 5.92 Å². The summed E-state index contributed by atoms with van der Waals surface area (Å²) in [4.78, 5) is 16.7. The molecule has 2 aliphatic rings. The zero-order chi connectivity index (χ0) is 16.1. The van der Waals surface area contributed by atoms with Crippen molar-refractivity contribution >= 4 is 11.7 Å². The number of amides is 2. The lowest BCUT2D eigenvalue weighted by molar-refractivity contribution is 0.190. The van der Waals surface area contributed by atoms with Crippen LogP contribution in [0.25, 0.3) is 0 Å². The number of nitrogens with one attached hydrogen (secondary N) is 1. The molecule has 1 N–H and O–H groups in total. The van der Waals surface area contributed by atoms with Crippen LogP contribution >= 0.6 is 0 Å². The van der Waals surface area contributed by atoms with Gasteiger partial charge in [0.1, 0.15) is 0 Å². The Labute approximate surface area is 139 Å².